The molecule has 3 aromatic rings. The van der Waals surface area contributed by atoms with Gasteiger partial charge in [0.15, 0.2) is 5.13 Å². The molecule has 3 rings (SSSR count). The molecule has 0 bridgehead atoms. The summed E-state index contributed by atoms with van der Waals surface area (Å²) in [6.45, 7) is 0. The lowest BCUT2D eigenvalue weighted by Gasteiger charge is -2.06. The van der Waals surface area contributed by atoms with Crippen LogP contribution >= 0.6 is 11.3 Å². The fourth-order valence-electron chi connectivity index (χ4n) is 2.47. The summed E-state index contributed by atoms with van der Waals surface area (Å²) in [5.41, 5.74) is 2.60. The minimum Gasteiger partial charge on any atom is -0.302 e. The van der Waals surface area contributed by atoms with Crippen LogP contribution < -0.4 is 5.32 Å². The maximum absolute atomic E-state index is 13.8. The topological polar surface area (TPSA) is 42.0 Å². The number of halogens is 1. The molecule has 0 saturated carbocycles. The van der Waals surface area contributed by atoms with E-state index in [1.807, 2.05) is 35.7 Å². The normalized spacial score (nSPS) is 10.5. The lowest BCUT2D eigenvalue weighted by atomic mass is 10.0. The van der Waals surface area contributed by atoms with Gasteiger partial charge in [-0.1, -0.05) is 42.5 Å². The van der Waals surface area contributed by atoms with E-state index in [-0.39, 0.29) is 11.7 Å². The van der Waals surface area contributed by atoms with Gasteiger partial charge >= 0.3 is 0 Å². The monoisotopic (exact) mass is 340 g/mol. The minimum atomic E-state index is -0.218. The van der Waals surface area contributed by atoms with Gasteiger partial charge in [-0.2, -0.15) is 0 Å². The molecule has 1 N–H and O–H groups in total. The van der Waals surface area contributed by atoms with Crippen LogP contribution in [0.3, 0.4) is 0 Å². The highest BCUT2D eigenvalue weighted by Gasteiger charge is 2.06. The van der Waals surface area contributed by atoms with Crippen LogP contribution in [0, 0.1) is 5.82 Å². The largest absolute Gasteiger partial charge is 0.302 e. The predicted octanol–water partition coefficient (Wildman–Crippen LogP) is 4.91. The highest BCUT2D eigenvalue weighted by Crippen LogP contribution is 2.23. The number of rotatable bonds is 6. The van der Waals surface area contributed by atoms with Crippen molar-refractivity contribution in [2.24, 2.45) is 0 Å². The first kappa shape index (κ1) is 16.3. The van der Waals surface area contributed by atoms with Gasteiger partial charge in [0.05, 0.1) is 0 Å². The molecule has 0 unspecified atom stereocenters. The van der Waals surface area contributed by atoms with Crippen molar-refractivity contribution in [1.29, 1.82) is 0 Å². The number of hydrogen-bond acceptors (Lipinski definition) is 3. The molecule has 0 atom stereocenters. The second-order valence-electron chi connectivity index (χ2n) is 5.42. The third-order valence-corrected chi connectivity index (χ3v) is 4.38. The Hall–Kier alpha value is -2.53. The van der Waals surface area contributed by atoms with Gasteiger partial charge in [-0.05, 0) is 30.0 Å². The summed E-state index contributed by atoms with van der Waals surface area (Å²) in [5, 5.41) is 5.23. The number of amides is 1. The Kier molecular flexibility index (Phi) is 5.33. The highest BCUT2D eigenvalue weighted by molar-refractivity contribution is 7.13. The summed E-state index contributed by atoms with van der Waals surface area (Å²) in [6.07, 6.45) is 3.69. The van der Waals surface area contributed by atoms with E-state index < -0.39 is 0 Å². The van der Waals surface area contributed by atoms with Crippen molar-refractivity contribution < 1.29 is 9.18 Å². The number of aromatic nitrogens is 1. The summed E-state index contributed by atoms with van der Waals surface area (Å²) in [7, 11) is 0. The van der Waals surface area contributed by atoms with Crippen LogP contribution in [0.15, 0.2) is 60.1 Å². The summed E-state index contributed by atoms with van der Waals surface area (Å²) in [6, 6.07) is 14.6. The molecular weight excluding hydrogens is 323 g/mol. The molecule has 1 heterocycles. The zero-order valence-corrected chi connectivity index (χ0v) is 13.9. The van der Waals surface area contributed by atoms with E-state index in [4.69, 9.17) is 0 Å². The second-order valence-corrected chi connectivity index (χ2v) is 6.31. The maximum Gasteiger partial charge on any atom is 0.226 e. The molecule has 24 heavy (non-hydrogen) atoms. The standard InChI is InChI=1S/C19H17FN2OS/c20-17-6-2-1-5-16(17)15-10-8-14(9-11-15)4-3-7-18(23)22-19-21-12-13-24-19/h1-2,5-6,8-13H,3-4,7H2,(H,21,22,23). The molecule has 1 amide bonds. The van der Waals surface area contributed by atoms with Gasteiger partial charge in [-0.25, -0.2) is 9.37 Å². The van der Waals surface area contributed by atoms with Crippen molar-refractivity contribution in [2.45, 2.75) is 19.3 Å². The van der Waals surface area contributed by atoms with Crippen LogP contribution in [-0.4, -0.2) is 10.9 Å². The van der Waals surface area contributed by atoms with Crippen molar-refractivity contribution in [1.82, 2.24) is 4.98 Å². The van der Waals surface area contributed by atoms with Crippen LogP contribution in [0.25, 0.3) is 11.1 Å². The van der Waals surface area contributed by atoms with E-state index in [1.165, 1.54) is 17.4 Å². The third kappa shape index (κ3) is 4.26. The summed E-state index contributed by atoms with van der Waals surface area (Å²) >= 11 is 1.41. The fourth-order valence-corrected chi connectivity index (χ4v) is 3.01. The molecule has 0 fully saturated rings. The number of thiazole rings is 1. The van der Waals surface area contributed by atoms with Gasteiger partial charge in [-0.3, -0.25) is 4.79 Å². The number of anilines is 1. The second kappa shape index (κ2) is 7.84. The molecule has 0 aliphatic carbocycles. The van der Waals surface area contributed by atoms with E-state index >= 15 is 0 Å². The molecule has 3 nitrogen and oxygen atoms in total. The van der Waals surface area contributed by atoms with Gasteiger partial charge in [0, 0.05) is 23.6 Å². The molecule has 0 saturated heterocycles. The number of benzene rings is 2. The van der Waals surface area contributed by atoms with E-state index in [9.17, 15) is 9.18 Å². The Bertz CT molecular complexity index is 800. The van der Waals surface area contributed by atoms with Crippen molar-refractivity contribution in [3.05, 3.63) is 71.5 Å². The van der Waals surface area contributed by atoms with Crippen molar-refractivity contribution in [2.75, 3.05) is 5.32 Å². The van der Waals surface area contributed by atoms with E-state index in [1.54, 1.807) is 18.3 Å². The molecule has 2 aromatic carbocycles. The fraction of sp³-hybridized carbons (Fsp3) is 0.158. The van der Waals surface area contributed by atoms with E-state index in [0.717, 1.165) is 24.0 Å². The Morgan fingerprint density at radius 3 is 2.62 bits per heavy atom. The predicted molar refractivity (Wildman–Crippen MR) is 95.5 cm³/mol. The van der Waals surface area contributed by atoms with E-state index in [0.29, 0.717) is 17.1 Å². The Morgan fingerprint density at radius 1 is 1.12 bits per heavy atom. The van der Waals surface area contributed by atoms with Crippen molar-refractivity contribution in [3.63, 3.8) is 0 Å². The first-order chi connectivity index (χ1) is 11.7. The number of nitrogens with zero attached hydrogens (tertiary/aromatic N) is 1. The SMILES string of the molecule is O=C(CCCc1ccc(-c2ccccc2F)cc1)Nc1nccs1. The van der Waals surface area contributed by atoms with Crippen LogP contribution in [0.4, 0.5) is 9.52 Å². The zero-order valence-electron chi connectivity index (χ0n) is 13.0. The van der Waals surface area contributed by atoms with Gasteiger partial charge in [0.1, 0.15) is 5.82 Å². The number of hydrogen-bond donors (Lipinski definition) is 1. The molecule has 0 radical (unpaired) electrons. The number of carbonyl (C=O) groups excluding carboxylic acids is 1. The van der Waals surface area contributed by atoms with Crippen molar-refractivity contribution in [3.8, 4) is 11.1 Å². The molecular formula is C19H17FN2OS. The number of nitrogens with one attached hydrogen (secondary N) is 1. The van der Waals surface area contributed by atoms with Crippen LogP contribution in [0.1, 0.15) is 18.4 Å². The molecule has 0 spiro atoms. The molecule has 1 aromatic heterocycles. The quantitative estimate of drug-likeness (QED) is 0.693. The molecule has 122 valence electrons. The van der Waals surface area contributed by atoms with Gasteiger partial charge in [0.25, 0.3) is 0 Å². The zero-order chi connectivity index (χ0) is 16.8. The van der Waals surface area contributed by atoms with Gasteiger partial charge < -0.3 is 5.32 Å². The van der Waals surface area contributed by atoms with Gasteiger partial charge in [0.2, 0.25) is 5.91 Å². The lowest BCUT2D eigenvalue weighted by Crippen LogP contribution is -2.11. The highest BCUT2D eigenvalue weighted by atomic mass is 32.1. The smallest absolute Gasteiger partial charge is 0.226 e. The van der Waals surface area contributed by atoms with E-state index in [2.05, 4.69) is 10.3 Å². The van der Waals surface area contributed by atoms with Gasteiger partial charge in [-0.15, -0.1) is 11.3 Å². The lowest BCUT2D eigenvalue weighted by molar-refractivity contribution is -0.116. The summed E-state index contributed by atoms with van der Waals surface area (Å²) in [4.78, 5) is 15.8. The van der Waals surface area contributed by atoms with Crippen molar-refractivity contribution >= 4 is 22.4 Å². The Morgan fingerprint density at radius 2 is 1.92 bits per heavy atom. The summed E-state index contributed by atoms with van der Waals surface area (Å²) in [5.74, 6) is -0.239. The van der Waals surface area contributed by atoms with Crippen LogP contribution in [0.2, 0.25) is 0 Å². The molecule has 0 aliphatic rings. The van der Waals surface area contributed by atoms with Crippen LogP contribution in [-0.2, 0) is 11.2 Å². The molecule has 0 aliphatic heterocycles. The maximum atomic E-state index is 13.8. The minimum absolute atomic E-state index is 0.0204. The first-order valence-electron chi connectivity index (χ1n) is 7.75. The average Bonchev–Trinajstić information content (AvgIpc) is 3.09. The average molecular weight is 340 g/mol. The third-order valence-electron chi connectivity index (χ3n) is 3.69. The Balaban J connectivity index is 1.51. The Labute approximate surface area is 144 Å². The first-order valence-corrected chi connectivity index (χ1v) is 8.63. The number of carbonyl (C=O) groups is 1. The number of aryl methyl sites for hydroxylation is 1. The van der Waals surface area contributed by atoms with Crippen LogP contribution in [0.5, 0.6) is 0 Å². The molecule has 5 heteroatoms. The summed E-state index contributed by atoms with van der Waals surface area (Å²) < 4.78 is 13.8.